The van der Waals surface area contributed by atoms with Gasteiger partial charge in [0.2, 0.25) is 5.91 Å². The van der Waals surface area contributed by atoms with E-state index in [-0.39, 0.29) is 12.5 Å². The van der Waals surface area contributed by atoms with Crippen LogP contribution in [0.15, 0.2) is 54.6 Å². The predicted octanol–water partition coefficient (Wildman–Crippen LogP) is 3.16. The topological polar surface area (TPSA) is 62.1 Å². The van der Waals surface area contributed by atoms with Crippen LogP contribution in [0.2, 0.25) is 0 Å². The third kappa shape index (κ3) is 5.00. The molecule has 0 radical (unpaired) electrons. The Morgan fingerprint density at radius 1 is 1.14 bits per heavy atom. The molecule has 0 atom stereocenters. The zero-order valence-corrected chi connectivity index (χ0v) is 11.6. The summed E-state index contributed by atoms with van der Waals surface area (Å²) in [5.74, 6) is 0.522. The Kier molecular flexibility index (Phi) is 5.36. The quantitative estimate of drug-likeness (QED) is 0.884. The molecular weight excluding hydrogens is 264 g/mol. The van der Waals surface area contributed by atoms with E-state index in [1.54, 1.807) is 24.3 Å². The highest BCUT2D eigenvalue weighted by Crippen LogP contribution is 2.17. The van der Waals surface area contributed by atoms with Gasteiger partial charge in [0.15, 0.2) is 6.61 Å². The first-order valence-corrected chi connectivity index (χ1v) is 6.71. The highest BCUT2D eigenvalue weighted by molar-refractivity contribution is 5.91. The molecule has 0 spiro atoms. The third-order valence-electron chi connectivity index (χ3n) is 2.90. The van der Waals surface area contributed by atoms with Crippen LogP contribution >= 0.6 is 0 Å². The first kappa shape index (κ1) is 14.6. The highest BCUT2D eigenvalue weighted by Gasteiger charge is 2.04. The summed E-state index contributed by atoms with van der Waals surface area (Å²) < 4.78 is 5.19. The van der Waals surface area contributed by atoms with Crippen LogP contribution in [0, 0.1) is 11.3 Å². The van der Waals surface area contributed by atoms with E-state index in [2.05, 4.69) is 5.32 Å². The maximum atomic E-state index is 11.9. The number of hydrogen-bond acceptors (Lipinski definition) is 3. The summed E-state index contributed by atoms with van der Waals surface area (Å²) in [4.78, 5) is 11.9. The molecule has 0 saturated heterocycles. The van der Waals surface area contributed by atoms with Crippen LogP contribution in [-0.4, -0.2) is 12.5 Å². The van der Waals surface area contributed by atoms with Gasteiger partial charge in [-0.05, 0) is 24.1 Å². The van der Waals surface area contributed by atoms with Gasteiger partial charge in [-0.15, -0.1) is 0 Å². The van der Waals surface area contributed by atoms with Crippen LogP contribution in [-0.2, 0) is 11.2 Å². The van der Waals surface area contributed by atoms with E-state index in [1.165, 1.54) is 0 Å². The average molecular weight is 280 g/mol. The van der Waals surface area contributed by atoms with Crippen molar-refractivity contribution in [1.82, 2.24) is 0 Å². The SMILES string of the molecule is N#CCOc1cccc(NC(=O)CCc2ccccc2)c1. The lowest BCUT2D eigenvalue weighted by atomic mass is 10.1. The molecule has 106 valence electrons. The van der Waals surface area contributed by atoms with Crippen molar-refractivity contribution in [3.63, 3.8) is 0 Å². The maximum absolute atomic E-state index is 11.9. The minimum atomic E-state index is -0.0451. The minimum Gasteiger partial charge on any atom is -0.479 e. The number of amides is 1. The number of nitriles is 1. The first-order valence-electron chi connectivity index (χ1n) is 6.71. The number of hydrogen-bond donors (Lipinski definition) is 1. The van der Waals surface area contributed by atoms with Gasteiger partial charge in [-0.3, -0.25) is 4.79 Å². The van der Waals surface area contributed by atoms with Gasteiger partial charge in [0.25, 0.3) is 0 Å². The second kappa shape index (κ2) is 7.71. The van der Waals surface area contributed by atoms with Crippen LogP contribution < -0.4 is 10.1 Å². The zero-order chi connectivity index (χ0) is 14.9. The summed E-state index contributed by atoms with van der Waals surface area (Å²) >= 11 is 0. The van der Waals surface area contributed by atoms with E-state index in [0.29, 0.717) is 24.3 Å². The molecule has 2 rings (SSSR count). The van der Waals surface area contributed by atoms with Gasteiger partial charge in [-0.1, -0.05) is 36.4 Å². The van der Waals surface area contributed by atoms with Gasteiger partial charge < -0.3 is 10.1 Å². The molecule has 0 heterocycles. The summed E-state index contributed by atoms with van der Waals surface area (Å²) in [7, 11) is 0. The molecule has 0 aliphatic carbocycles. The molecule has 4 nitrogen and oxygen atoms in total. The molecule has 4 heteroatoms. The van der Waals surface area contributed by atoms with E-state index >= 15 is 0 Å². The standard InChI is InChI=1S/C17H16N2O2/c18-11-12-21-16-8-4-7-15(13-16)19-17(20)10-9-14-5-2-1-3-6-14/h1-8,13H,9-10,12H2,(H,19,20). The summed E-state index contributed by atoms with van der Waals surface area (Å²) in [6.07, 6.45) is 1.13. The van der Waals surface area contributed by atoms with Gasteiger partial charge in [-0.2, -0.15) is 5.26 Å². The first-order chi connectivity index (χ1) is 10.3. The largest absolute Gasteiger partial charge is 0.479 e. The van der Waals surface area contributed by atoms with Gasteiger partial charge in [0.05, 0.1) is 0 Å². The molecular formula is C17H16N2O2. The van der Waals surface area contributed by atoms with Crippen molar-refractivity contribution >= 4 is 11.6 Å². The lowest BCUT2D eigenvalue weighted by Gasteiger charge is -2.07. The average Bonchev–Trinajstić information content (AvgIpc) is 2.52. The van der Waals surface area contributed by atoms with Crippen molar-refractivity contribution in [2.75, 3.05) is 11.9 Å². The summed E-state index contributed by atoms with van der Waals surface area (Å²) in [6.45, 7) is -0.00852. The zero-order valence-electron chi connectivity index (χ0n) is 11.6. The normalized spacial score (nSPS) is 9.67. The van der Waals surface area contributed by atoms with E-state index in [1.807, 2.05) is 36.4 Å². The van der Waals surface area contributed by atoms with Gasteiger partial charge >= 0.3 is 0 Å². The van der Waals surface area contributed by atoms with Crippen LogP contribution in [0.25, 0.3) is 0 Å². The fourth-order valence-electron chi connectivity index (χ4n) is 1.91. The smallest absolute Gasteiger partial charge is 0.224 e. The fraction of sp³-hybridized carbons (Fsp3) is 0.176. The number of benzene rings is 2. The van der Waals surface area contributed by atoms with E-state index in [9.17, 15) is 4.79 Å². The number of nitrogens with one attached hydrogen (secondary N) is 1. The lowest BCUT2D eigenvalue weighted by Crippen LogP contribution is -2.12. The van der Waals surface area contributed by atoms with Crippen molar-refractivity contribution < 1.29 is 9.53 Å². The number of carbonyl (C=O) groups excluding carboxylic acids is 1. The number of rotatable bonds is 6. The van der Waals surface area contributed by atoms with Gasteiger partial charge in [-0.25, -0.2) is 0 Å². The van der Waals surface area contributed by atoms with Crippen molar-refractivity contribution in [1.29, 1.82) is 5.26 Å². The van der Waals surface area contributed by atoms with Crippen LogP contribution in [0.5, 0.6) is 5.75 Å². The summed E-state index contributed by atoms with van der Waals surface area (Å²) in [5, 5.41) is 11.3. The van der Waals surface area contributed by atoms with E-state index < -0.39 is 0 Å². The highest BCUT2D eigenvalue weighted by atomic mass is 16.5. The molecule has 1 amide bonds. The molecule has 0 fully saturated rings. The predicted molar refractivity (Wildman–Crippen MR) is 80.9 cm³/mol. The Morgan fingerprint density at radius 2 is 1.95 bits per heavy atom. The molecule has 2 aromatic carbocycles. The molecule has 0 aliphatic rings. The molecule has 2 aromatic rings. The molecule has 0 aliphatic heterocycles. The molecule has 1 N–H and O–H groups in total. The Labute approximate surface area is 124 Å². The van der Waals surface area contributed by atoms with Crippen molar-refractivity contribution in [3.05, 3.63) is 60.2 Å². The third-order valence-corrected chi connectivity index (χ3v) is 2.90. The molecule has 0 aromatic heterocycles. The van der Waals surface area contributed by atoms with Crippen LogP contribution in [0.1, 0.15) is 12.0 Å². The van der Waals surface area contributed by atoms with Crippen molar-refractivity contribution in [2.24, 2.45) is 0 Å². The number of ether oxygens (including phenoxy) is 1. The second-order valence-electron chi connectivity index (χ2n) is 4.51. The Balaban J connectivity index is 1.86. The minimum absolute atomic E-state index is 0.00852. The Bertz CT molecular complexity index is 633. The fourth-order valence-corrected chi connectivity index (χ4v) is 1.91. The second-order valence-corrected chi connectivity index (χ2v) is 4.51. The number of anilines is 1. The molecule has 0 saturated carbocycles. The van der Waals surface area contributed by atoms with Gasteiger partial charge in [0, 0.05) is 18.2 Å². The van der Waals surface area contributed by atoms with Crippen molar-refractivity contribution in [2.45, 2.75) is 12.8 Å². The van der Waals surface area contributed by atoms with Gasteiger partial charge in [0.1, 0.15) is 11.8 Å². The number of nitrogens with zero attached hydrogens (tertiary/aromatic N) is 1. The monoisotopic (exact) mass is 280 g/mol. The van der Waals surface area contributed by atoms with Crippen LogP contribution in [0.4, 0.5) is 5.69 Å². The number of carbonyl (C=O) groups is 1. The lowest BCUT2D eigenvalue weighted by molar-refractivity contribution is -0.116. The maximum Gasteiger partial charge on any atom is 0.224 e. The van der Waals surface area contributed by atoms with Crippen molar-refractivity contribution in [3.8, 4) is 11.8 Å². The van der Waals surface area contributed by atoms with E-state index in [0.717, 1.165) is 5.56 Å². The molecule has 0 unspecified atom stereocenters. The number of aryl methyl sites for hydroxylation is 1. The molecule has 21 heavy (non-hydrogen) atoms. The molecule has 0 bridgehead atoms. The summed E-state index contributed by atoms with van der Waals surface area (Å²) in [5.41, 5.74) is 1.81. The summed E-state index contributed by atoms with van der Waals surface area (Å²) in [6, 6.07) is 18.8. The Hall–Kier alpha value is -2.80. The van der Waals surface area contributed by atoms with Crippen LogP contribution in [0.3, 0.4) is 0 Å². The Morgan fingerprint density at radius 3 is 2.71 bits per heavy atom. The van der Waals surface area contributed by atoms with E-state index in [4.69, 9.17) is 10.00 Å².